The van der Waals surface area contributed by atoms with Crippen LogP contribution >= 0.6 is 0 Å². The van der Waals surface area contributed by atoms with Crippen LogP contribution < -0.4 is 4.74 Å². The van der Waals surface area contributed by atoms with Gasteiger partial charge in [0.2, 0.25) is 5.91 Å². The van der Waals surface area contributed by atoms with E-state index in [4.69, 9.17) is 9.47 Å². The van der Waals surface area contributed by atoms with Gasteiger partial charge in [-0.1, -0.05) is 0 Å². The summed E-state index contributed by atoms with van der Waals surface area (Å²) in [6.07, 6.45) is 4.42. The maximum atomic E-state index is 12.6. The number of amides is 1. The third-order valence-corrected chi connectivity index (χ3v) is 8.17. The van der Waals surface area contributed by atoms with E-state index in [1.165, 1.54) is 0 Å². The van der Waals surface area contributed by atoms with Gasteiger partial charge in [0.25, 0.3) is 0 Å². The highest BCUT2D eigenvalue weighted by atomic mass is 32.2. The van der Waals surface area contributed by atoms with Gasteiger partial charge in [0.1, 0.15) is 4.75 Å². The molecule has 136 valence electrons. The molecule has 25 heavy (non-hydrogen) atoms. The lowest BCUT2D eigenvalue weighted by atomic mass is 9.83. The predicted octanol–water partition coefficient (Wildman–Crippen LogP) is -0.0924. The first-order valence-corrected chi connectivity index (χ1v) is 10.2. The van der Waals surface area contributed by atoms with Crippen LogP contribution in [0.4, 0.5) is 0 Å². The average molecular weight is 367 g/mol. The van der Waals surface area contributed by atoms with Crippen LogP contribution in [0.25, 0.3) is 0 Å². The molecule has 4 heterocycles. The Kier molecular flexibility index (Phi) is 4.15. The van der Waals surface area contributed by atoms with Crippen LogP contribution in [0, 0.1) is 11.8 Å². The SMILES string of the molecule is O=C([C@@H]1CCOC1)N1CC2(C1)[C@H](COc1ncccn1)CCS2(=O)=O. The van der Waals surface area contributed by atoms with E-state index in [-0.39, 0.29) is 49.2 Å². The second-order valence-corrected chi connectivity index (χ2v) is 9.42. The van der Waals surface area contributed by atoms with Gasteiger partial charge in [-0.05, 0) is 18.9 Å². The zero-order valence-corrected chi connectivity index (χ0v) is 14.7. The number of hydrogen-bond acceptors (Lipinski definition) is 7. The van der Waals surface area contributed by atoms with Crippen LogP contribution in [0.15, 0.2) is 18.5 Å². The van der Waals surface area contributed by atoms with E-state index in [2.05, 4.69) is 9.97 Å². The minimum Gasteiger partial charge on any atom is -0.463 e. The van der Waals surface area contributed by atoms with Crippen molar-refractivity contribution in [2.24, 2.45) is 11.8 Å². The number of carbonyl (C=O) groups is 1. The van der Waals surface area contributed by atoms with Crippen LogP contribution in [0.5, 0.6) is 6.01 Å². The summed E-state index contributed by atoms with van der Waals surface area (Å²) in [6, 6.07) is 1.94. The van der Waals surface area contributed by atoms with E-state index in [9.17, 15) is 13.2 Å². The van der Waals surface area contributed by atoms with Crippen LogP contribution in [0.3, 0.4) is 0 Å². The quantitative estimate of drug-likeness (QED) is 0.733. The summed E-state index contributed by atoms with van der Waals surface area (Å²) < 4.78 is 35.2. The Morgan fingerprint density at radius 2 is 2.08 bits per heavy atom. The van der Waals surface area contributed by atoms with Crippen LogP contribution in [-0.4, -0.2) is 72.6 Å². The fourth-order valence-corrected chi connectivity index (χ4v) is 6.39. The van der Waals surface area contributed by atoms with Crippen molar-refractivity contribution in [1.82, 2.24) is 14.9 Å². The van der Waals surface area contributed by atoms with E-state index in [1.807, 2.05) is 0 Å². The minimum absolute atomic E-state index is 0.0105. The summed E-state index contributed by atoms with van der Waals surface area (Å²) in [4.78, 5) is 22.1. The van der Waals surface area contributed by atoms with E-state index in [0.717, 1.165) is 0 Å². The third kappa shape index (κ3) is 2.79. The zero-order chi connectivity index (χ0) is 17.5. The molecule has 3 saturated heterocycles. The lowest BCUT2D eigenvalue weighted by Crippen LogP contribution is -2.69. The lowest BCUT2D eigenvalue weighted by molar-refractivity contribution is -0.142. The monoisotopic (exact) mass is 367 g/mol. The normalized spacial score (nSPS) is 29.5. The summed E-state index contributed by atoms with van der Waals surface area (Å²) in [5.41, 5.74) is 0. The largest absolute Gasteiger partial charge is 0.463 e. The van der Waals surface area contributed by atoms with Crippen molar-refractivity contribution in [2.75, 3.05) is 38.7 Å². The van der Waals surface area contributed by atoms with Gasteiger partial charge < -0.3 is 14.4 Å². The molecule has 9 heteroatoms. The molecule has 0 unspecified atom stereocenters. The first-order chi connectivity index (χ1) is 12.0. The van der Waals surface area contributed by atoms with Gasteiger partial charge in [-0.3, -0.25) is 4.79 Å². The molecule has 0 bridgehead atoms. The summed E-state index contributed by atoms with van der Waals surface area (Å²) in [5, 5.41) is 0. The highest BCUT2D eigenvalue weighted by Gasteiger charge is 2.63. The summed E-state index contributed by atoms with van der Waals surface area (Å²) >= 11 is 0. The number of hydrogen-bond donors (Lipinski definition) is 0. The Hall–Kier alpha value is -1.74. The fourth-order valence-electron chi connectivity index (χ4n) is 3.99. The Morgan fingerprint density at radius 1 is 1.32 bits per heavy atom. The Labute approximate surface area is 146 Å². The molecule has 1 amide bonds. The Bertz CT molecular complexity index is 742. The molecule has 4 rings (SSSR count). The molecule has 0 aliphatic carbocycles. The van der Waals surface area contributed by atoms with Gasteiger partial charge in [0.05, 0.1) is 24.9 Å². The smallest absolute Gasteiger partial charge is 0.316 e. The second kappa shape index (κ2) is 6.21. The molecule has 1 aromatic rings. The molecule has 0 N–H and O–H groups in total. The number of ether oxygens (including phenoxy) is 2. The average Bonchev–Trinajstić information content (AvgIpc) is 3.18. The van der Waals surface area contributed by atoms with Gasteiger partial charge in [-0.15, -0.1) is 0 Å². The van der Waals surface area contributed by atoms with E-state index >= 15 is 0 Å². The Morgan fingerprint density at radius 3 is 2.76 bits per heavy atom. The van der Waals surface area contributed by atoms with Crippen LogP contribution in [0.1, 0.15) is 12.8 Å². The highest BCUT2D eigenvalue weighted by Crippen LogP contribution is 2.45. The number of rotatable bonds is 4. The maximum Gasteiger partial charge on any atom is 0.316 e. The maximum absolute atomic E-state index is 12.6. The predicted molar refractivity (Wildman–Crippen MR) is 87.7 cm³/mol. The van der Waals surface area contributed by atoms with Crippen LogP contribution in [0.2, 0.25) is 0 Å². The van der Waals surface area contributed by atoms with Crippen molar-refractivity contribution >= 4 is 15.7 Å². The molecule has 0 saturated carbocycles. The summed E-state index contributed by atoms with van der Waals surface area (Å²) in [5.74, 6) is -0.124. The van der Waals surface area contributed by atoms with E-state index in [0.29, 0.717) is 26.1 Å². The number of sulfone groups is 1. The van der Waals surface area contributed by atoms with Gasteiger partial charge in [-0.25, -0.2) is 18.4 Å². The van der Waals surface area contributed by atoms with Crippen molar-refractivity contribution in [1.29, 1.82) is 0 Å². The Balaban J connectivity index is 1.44. The number of carbonyl (C=O) groups excluding carboxylic acids is 1. The highest BCUT2D eigenvalue weighted by molar-refractivity contribution is 7.93. The van der Waals surface area contributed by atoms with E-state index < -0.39 is 14.6 Å². The molecule has 3 fully saturated rings. The molecule has 0 radical (unpaired) electrons. The van der Waals surface area contributed by atoms with Gasteiger partial charge in [-0.2, -0.15) is 0 Å². The van der Waals surface area contributed by atoms with Crippen LogP contribution in [-0.2, 0) is 19.4 Å². The molecule has 3 aliphatic heterocycles. The molecule has 3 aliphatic rings. The van der Waals surface area contributed by atoms with Crippen molar-refractivity contribution in [2.45, 2.75) is 17.6 Å². The van der Waals surface area contributed by atoms with Crippen molar-refractivity contribution in [3.05, 3.63) is 18.5 Å². The van der Waals surface area contributed by atoms with Crippen molar-refractivity contribution in [3.63, 3.8) is 0 Å². The standard InChI is InChI=1S/C16H21N3O5S/c20-14(12-2-6-23-8-12)19-10-16(11-19)13(3-7-25(16,21)22)9-24-15-17-4-1-5-18-15/h1,4-5,12-13H,2-3,6-11H2/t12-,13+/m1/s1. The fraction of sp³-hybridized carbons (Fsp3) is 0.688. The summed E-state index contributed by atoms with van der Waals surface area (Å²) in [7, 11) is -3.24. The topological polar surface area (TPSA) is 98.7 Å². The molecular formula is C16H21N3O5S. The van der Waals surface area contributed by atoms with E-state index in [1.54, 1.807) is 23.4 Å². The zero-order valence-electron chi connectivity index (χ0n) is 13.8. The minimum atomic E-state index is -3.24. The van der Waals surface area contributed by atoms with Gasteiger partial charge in [0.15, 0.2) is 9.84 Å². The molecule has 0 aromatic carbocycles. The van der Waals surface area contributed by atoms with Crippen molar-refractivity contribution in [3.8, 4) is 6.01 Å². The molecule has 8 nitrogen and oxygen atoms in total. The third-order valence-electron chi connectivity index (χ3n) is 5.56. The van der Waals surface area contributed by atoms with Gasteiger partial charge in [0, 0.05) is 38.0 Å². The molecule has 1 spiro atoms. The second-order valence-electron chi connectivity index (χ2n) is 6.97. The summed E-state index contributed by atoms with van der Waals surface area (Å²) in [6.45, 7) is 1.80. The first kappa shape index (κ1) is 16.7. The first-order valence-electron chi connectivity index (χ1n) is 8.50. The molecule has 2 atom stereocenters. The van der Waals surface area contributed by atoms with Crippen molar-refractivity contribution < 1.29 is 22.7 Å². The lowest BCUT2D eigenvalue weighted by Gasteiger charge is -2.50. The molecule has 1 aromatic heterocycles. The number of nitrogens with zero attached hydrogens (tertiary/aromatic N) is 3. The number of likely N-dealkylation sites (tertiary alicyclic amines) is 1. The van der Waals surface area contributed by atoms with Gasteiger partial charge >= 0.3 is 6.01 Å². The number of aromatic nitrogens is 2. The molecular weight excluding hydrogens is 346 g/mol.